The summed E-state index contributed by atoms with van der Waals surface area (Å²) >= 11 is 0. The molecule has 0 aromatic carbocycles. The van der Waals surface area contributed by atoms with Crippen molar-refractivity contribution in [3.05, 3.63) is 23.4 Å². The van der Waals surface area contributed by atoms with Crippen molar-refractivity contribution in [3.63, 3.8) is 0 Å². The van der Waals surface area contributed by atoms with Crippen LogP contribution in [0.2, 0.25) is 0 Å². The Morgan fingerprint density at radius 2 is 2.18 bits per heavy atom. The van der Waals surface area contributed by atoms with Gasteiger partial charge in [-0.25, -0.2) is 4.98 Å². The summed E-state index contributed by atoms with van der Waals surface area (Å²) in [5, 5.41) is 12.1. The minimum absolute atomic E-state index is 0.299. The molecule has 5 heteroatoms. The second-order valence-electron chi connectivity index (χ2n) is 4.89. The monoisotopic (exact) mass is 231 g/mol. The standard InChI is InChI=1S/C12H17N5/c1-7-4-5-13-11(7)12-16-15-10-6-8(2)14-9(3)17(10)12/h6-7,11,13H,4-5H2,1-3H3. The van der Waals surface area contributed by atoms with Crippen LogP contribution in [0.15, 0.2) is 6.07 Å². The van der Waals surface area contributed by atoms with E-state index in [4.69, 9.17) is 0 Å². The number of hydrogen-bond acceptors (Lipinski definition) is 4. The van der Waals surface area contributed by atoms with Gasteiger partial charge in [-0.05, 0) is 32.7 Å². The molecule has 0 aliphatic carbocycles. The second kappa shape index (κ2) is 3.77. The van der Waals surface area contributed by atoms with Crippen molar-refractivity contribution in [2.24, 2.45) is 5.92 Å². The summed E-state index contributed by atoms with van der Waals surface area (Å²) < 4.78 is 2.06. The number of aromatic nitrogens is 4. The second-order valence-corrected chi connectivity index (χ2v) is 4.89. The maximum Gasteiger partial charge on any atom is 0.164 e. The van der Waals surface area contributed by atoms with E-state index in [2.05, 4.69) is 31.8 Å². The molecule has 2 atom stereocenters. The number of nitrogens with zero attached hydrogens (tertiary/aromatic N) is 4. The van der Waals surface area contributed by atoms with Crippen molar-refractivity contribution in [1.82, 2.24) is 24.9 Å². The smallest absolute Gasteiger partial charge is 0.164 e. The van der Waals surface area contributed by atoms with Crippen LogP contribution in [-0.4, -0.2) is 26.1 Å². The average Bonchev–Trinajstić information content (AvgIpc) is 2.83. The zero-order valence-electron chi connectivity index (χ0n) is 10.4. The molecule has 2 aromatic heterocycles. The summed E-state index contributed by atoms with van der Waals surface area (Å²) in [4.78, 5) is 4.49. The first kappa shape index (κ1) is 10.7. The predicted octanol–water partition coefficient (Wildman–Crippen LogP) is 1.41. The Labute approximate surface area is 100 Å². The van der Waals surface area contributed by atoms with Crippen LogP contribution in [0.4, 0.5) is 0 Å². The van der Waals surface area contributed by atoms with Crippen molar-refractivity contribution in [2.45, 2.75) is 33.2 Å². The summed E-state index contributed by atoms with van der Waals surface area (Å²) in [7, 11) is 0. The van der Waals surface area contributed by atoms with Gasteiger partial charge >= 0.3 is 0 Å². The van der Waals surface area contributed by atoms with Crippen LogP contribution < -0.4 is 5.32 Å². The van der Waals surface area contributed by atoms with Gasteiger partial charge in [-0.15, -0.1) is 10.2 Å². The molecule has 1 aliphatic rings. The zero-order chi connectivity index (χ0) is 12.0. The van der Waals surface area contributed by atoms with Crippen molar-refractivity contribution >= 4 is 5.65 Å². The first-order valence-corrected chi connectivity index (χ1v) is 6.09. The van der Waals surface area contributed by atoms with Crippen LogP contribution in [0.5, 0.6) is 0 Å². The number of rotatable bonds is 1. The molecule has 5 nitrogen and oxygen atoms in total. The van der Waals surface area contributed by atoms with E-state index in [1.165, 1.54) is 6.42 Å². The van der Waals surface area contributed by atoms with Gasteiger partial charge in [0.2, 0.25) is 0 Å². The maximum absolute atomic E-state index is 4.49. The minimum atomic E-state index is 0.299. The fourth-order valence-electron chi connectivity index (χ4n) is 2.64. The Bertz CT molecular complexity index is 559. The van der Waals surface area contributed by atoms with Crippen LogP contribution >= 0.6 is 0 Å². The molecule has 1 saturated heterocycles. The van der Waals surface area contributed by atoms with Crippen LogP contribution in [0.3, 0.4) is 0 Å². The molecule has 0 bridgehead atoms. The molecule has 0 radical (unpaired) electrons. The van der Waals surface area contributed by atoms with E-state index in [0.717, 1.165) is 29.5 Å². The molecule has 0 amide bonds. The van der Waals surface area contributed by atoms with Gasteiger partial charge in [0, 0.05) is 11.8 Å². The van der Waals surface area contributed by atoms with Gasteiger partial charge in [-0.2, -0.15) is 0 Å². The molecule has 2 aromatic rings. The van der Waals surface area contributed by atoms with Gasteiger partial charge in [0.25, 0.3) is 0 Å². The third-order valence-corrected chi connectivity index (χ3v) is 3.52. The largest absolute Gasteiger partial charge is 0.307 e. The Kier molecular flexibility index (Phi) is 2.36. The topological polar surface area (TPSA) is 55.1 Å². The van der Waals surface area contributed by atoms with Crippen molar-refractivity contribution in [2.75, 3.05) is 6.54 Å². The number of nitrogens with one attached hydrogen (secondary N) is 1. The normalized spacial score (nSPS) is 24.6. The first-order valence-electron chi connectivity index (χ1n) is 6.09. The van der Waals surface area contributed by atoms with Gasteiger partial charge in [-0.1, -0.05) is 6.92 Å². The highest BCUT2D eigenvalue weighted by Crippen LogP contribution is 2.28. The van der Waals surface area contributed by atoms with E-state index < -0.39 is 0 Å². The van der Waals surface area contributed by atoms with Gasteiger partial charge in [0.1, 0.15) is 5.82 Å². The molecule has 1 aliphatic heterocycles. The Hall–Kier alpha value is -1.49. The lowest BCUT2D eigenvalue weighted by Crippen LogP contribution is -2.20. The average molecular weight is 231 g/mol. The minimum Gasteiger partial charge on any atom is -0.307 e. The number of fused-ring (bicyclic) bond motifs is 1. The molecule has 1 fully saturated rings. The van der Waals surface area contributed by atoms with Gasteiger partial charge in [0.15, 0.2) is 11.5 Å². The van der Waals surface area contributed by atoms with E-state index in [1.807, 2.05) is 19.9 Å². The summed E-state index contributed by atoms with van der Waals surface area (Å²) in [6.45, 7) is 7.30. The number of aryl methyl sites for hydroxylation is 2. The summed E-state index contributed by atoms with van der Waals surface area (Å²) in [5.74, 6) is 2.55. The highest BCUT2D eigenvalue weighted by Gasteiger charge is 2.28. The zero-order valence-corrected chi connectivity index (χ0v) is 10.4. The molecule has 2 unspecified atom stereocenters. The quantitative estimate of drug-likeness (QED) is 0.806. The van der Waals surface area contributed by atoms with Gasteiger partial charge in [0.05, 0.1) is 6.04 Å². The summed E-state index contributed by atoms with van der Waals surface area (Å²) in [6.07, 6.45) is 1.19. The molecule has 3 rings (SSSR count). The molecule has 1 N–H and O–H groups in total. The summed E-state index contributed by atoms with van der Waals surface area (Å²) in [6, 6.07) is 2.27. The fraction of sp³-hybridized carbons (Fsp3) is 0.583. The van der Waals surface area contributed by atoms with Crippen LogP contribution in [0.25, 0.3) is 5.65 Å². The lowest BCUT2D eigenvalue weighted by molar-refractivity contribution is 0.474. The molecule has 17 heavy (non-hydrogen) atoms. The lowest BCUT2D eigenvalue weighted by atomic mass is 10.0. The molecule has 3 heterocycles. The van der Waals surface area contributed by atoms with Crippen LogP contribution in [0.1, 0.15) is 36.7 Å². The third-order valence-electron chi connectivity index (χ3n) is 3.52. The van der Waals surface area contributed by atoms with E-state index in [-0.39, 0.29) is 0 Å². The van der Waals surface area contributed by atoms with Gasteiger partial charge < -0.3 is 5.32 Å². The fourth-order valence-corrected chi connectivity index (χ4v) is 2.64. The predicted molar refractivity (Wildman–Crippen MR) is 64.8 cm³/mol. The van der Waals surface area contributed by atoms with E-state index >= 15 is 0 Å². The van der Waals surface area contributed by atoms with Crippen LogP contribution in [-0.2, 0) is 0 Å². The highest BCUT2D eigenvalue weighted by atomic mass is 15.3. The van der Waals surface area contributed by atoms with E-state index in [1.54, 1.807) is 0 Å². The lowest BCUT2D eigenvalue weighted by Gasteiger charge is -2.14. The molecule has 0 spiro atoms. The first-order chi connectivity index (χ1) is 8.16. The summed E-state index contributed by atoms with van der Waals surface area (Å²) in [5.41, 5.74) is 1.88. The highest BCUT2D eigenvalue weighted by molar-refractivity contribution is 5.40. The Morgan fingerprint density at radius 1 is 1.35 bits per heavy atom. The molecular weight excluding hydrogens is 214 g/mol. The van der Waals surface area contributed by atoms with Crippen molar-refractivity contribution < 1.29 is 0 Å². The van der Waals surface area contributed by atoms with Crippen LogP contribution in [0, 0.1) is 19.8 Å². The SMILES string of the molecule is Cc1cc2nnc(C3NCCC3C)n2c(C)n1. The van der Waals surface area contributed by atoms with E-state index in [0.29, 0.717) is 12.0 Å². The Morgan fingerprint density at radius 3 is 2.88 bits per heavy atom. The third kappa shape index (κ3) is 1.61. The van der Waals surface area contributed by atoms with E-state index in [9.17, 15) is 0 Å². The maximum atomic E-state index is 4.49. The van der Waals surface area contributed by atoms with Crippen molar-refractivity contribution in [1.29, 1.82) is 0 Å². The number of hydrogen-bond donors (Lipinski definition) is 1. The molecular formula is C12H17N5. The molecule has 90 valence electrons. The Balaban J connectivity index is 2.17. The molecule has 0 saturated carbocycles. The van der Waals surface area contributed by atoms with Gasteiger partial charge in [-0.3, -0.25) is 4.40 Å². The van der Waals surface area contributed by atoms with Crippen molar-refractivity contribution in [3.8, 4) is 0 Å².